The second kappa shape index (κ2) is 9.03. The van der Waals surface area contributed by atoms with E-state index in [1.165, 1.54) is 12.4 Å². The lowest BCUT2D eigenvalue weighted by molar-refractivity contribution is -0.131. The number of ether oxygens (including phenoxy) is 1. The van der Waals surface area contributed by atoms with Crippen LogP contribution >= 0.6 is 0 Å². The third kappa shape index (κ3) is 4.36. The van der Waals surface area contributed by atoms with Gasteiger partial charge in [-0.3, -0.25) is 4.79 Å². The first kappa shape index (κ1) is 22.3. The lowest BCUT2D eigenvalue weighted by Crippen LogP contribution is -2.27. The molecular weight excluding hydrogens is 444 g/mol. The second-order valence-corrected chi connectivity index (χ2v) is 8.77. The number of fused-ring (bicyclic) bond motifs is 2. The zero-order chi connectivity index (χ0) is 24.4. The predicted molar refractivity (Wildman–Crippen MR) is 128 cm³/mol. The van der Waals surface area contributed by atoms with Crippen molar-refractivity contribution in [2.75, 3.05) is 11.9 Å². The van der Waals surface area contributed by atoms with Gasteiger partial charge in [-0.05, 0) is 54.7 Å². The summed E-state index contributed by atoms with van der Waals surface area (Å²) in [5.74, 6) is -0.604. The fraction of sp³-hybridized carbons (Fsp3) is 0.222. The minimum absolute atomic E-state index is 0.121. The number of nitrogens with zero attached hydrogens (tertiary/aromatic N) is 3. The standard InChI is InChI=1S/C27H22N4O4/c28-13-17-4-5-18(2-1-3-25(32)33)23(10-17)31-26(34)22-12-27(22)8-9-35-24-7-6-19(11-21(24)27)20-14-29-16-30-15-20/h1,3-7,10-11,14-16,22H,2,8-9,12H2,(H,31,34)(H,32,33)/t22-,27-/m0/s1. The number of hydrogen-bond acceptors (Lipinski definition) is 6. The molecule has 2 atom stereocenters. The molecule has 2 aromatic carbocycles. The Morgan fingerprint density at radius 2 is 2.03 bits per heavy atom. The van der Waals surface area contributed by atoms with Gasteiger partial charge in [0, 0.05) is 46.6 Å². The fourth-order valence-corrected chi connectivity index (χ4v) is 4.82. The van der Waals surface area contributed by atoms with E-state index in [0.29, 0.717) is 30.7 Å². The van der Waals surface area contributed by atoms with Crippen LogP contribution < -0.4 is 10.1 Å². The highest BCUT2D eigenvalue weighted by atomic mass is 16.5. The number of aliphatic carboxylic acids is 1. The summed E-state index contributed by atoms with van der Waals surface area (Å²) in [6.07, 6.45) is 9.34. The van der Waals surface area contributed by atoms with Crippen LogP contribution in [0.1, 0.15) is 29.5 Å². The highest BCUT2D eigenvalue weighted by Crippen LogP contribution is 2.61. The molecule has 1 aliphatic heterocycles. The van der Waals surface area contributed by atoms with Crippen molar-refractivity contribution in [2.24, 2.45) is 5.92 Å². The Kier molecular flexibility index (Phi) is 5.75. The topological polar surface area (TPSA) is 125 Å². The van der Waals surface area contributed by atoms with Gasteiger partial charge in [-0.1, -0.05) is 18.2 Å². The summed E-state index contributed by atoms with van der Waals surface area (Å²) in [6, 6.07) is 13.1. The SMILES string of the molecule is N#Cc1ccc(CC=CC(=O)O)c(NC(=O)[C@@H]2C[C@]23CCOc2ccc(-c4cncnc4)cc23)c1. The Hall–Kier alpha value is -4.51. The number of amides is 1. The van der Waals surface area contributed by atoms with Gasteiger partial charge in [-0.2, -0.15) is 5.26 Å². The van der Waals surface area contributed by atoms with Gasteiger partial charge in [0.1, 0.15) is 12.1 Å². The molecule has 1 saturated carbocycles. The van der Waals surface area contributed by atoms with Gasteiger partial charge in [0.2, 0.25) is 5.91 Å². The van der Waals surface area contributed by atoms with Gasteiger partial charge in [0.05, 0.1) is 18.2 Å². The van der Waals surface area contributed by atoms with Gasteiger partial charge < -0.3 is 15.2 Å². The van der Waals surface area contributed by atoms with Crippen LogP contribution in [-0.4, -0.2) is 33.6 Å². The van der Waals surface area contributed by atoms with Crippen LogP contribution in [0.2, 0.25) is 0 Å². The number of hydrogen-bond donors (Lipinski definition) is 2. The minimum Gasteiger partial charge on any atom is -0.493 e. The van der Waals surface area contributed by atoms with E-state index in [1.54, 1.807) is 30.6 Å². The first-order chi connectivity index (χ1) is 17.0. The van der Waals surface area contributed by atoms with E-state index in [4.69, 9.17) is 9.84 Å². The molecule has 8 heteroatoms. The van der Waals surface area contributed by atoms with Crippen LogP contribution in [0.25, 0.3) is 11.1 Å². The van der Waals surface area contributed by atoms with Crippen LogP contribution in [0.4, 0.5) is 5.69 Å². The maximum absolute atomic E-state index is 13.4. The predicted octanol–water partition coefficient (Wildman–Crippen LogP) is 3.88. The molecule has 174 valence electrons. The van der Waals surface area contributed by atoms with Gasteiger partial charge in [-0.15, -0.1) is 0 Å². The molecule has 0 bridgehead atoms. The molecule has 1 aromatic heterocycles. The largest absolute Gasteiger partial charge is 0.493 e. The molecule has 0 radical (unpaired) electrons. The van der Waals surface area contributed by atoms with Crippen molar-refractivity contribution < 1.29 is 19.4 Å². The average Bonchev–Trinajstić information content (AvgIpc) is 3.60. The highest BCUT2D eigenvalue weighted by molar-refractivity contribution is 5.97. The quantitative estimate of drug-likeness (QED) is 0.528. The van der Waals surface area contributed by atoms with E-state index in [1.807, 2.05) is 12.1 Å². The maximum Gasteiger partial charge on any atom is 0.327 e. The van der Waals surface area contributed by atoms with Crippen LogP contribution in [0, 0.1) is 17.2 Å². The summed E-state index contributed by atoms with van der Waals surface area (Å²) in [7, 11) is 0. The van der Waals surface area contributed by atoms with Crippen LogP contribution in [-0.2, 0) is 21.4 Å². The molecule has 1 aliphatic carbocycles. The summed E-state index contributed by atoms with van der Waals surface area (Å²) in [5.41, 5.74) is 4.25. The number of nitriles is 1. The molecule has 8 nitrogen and oxygen atoms in total. The Morgan fingerprint density at radius 1 is 1.20 bits per heavy atom. The molecule has 1 amide bonds. The molecule has 0 unspecified atom stereocenters. The maximum atomic E-state index is 13.4. The molecule has 0 saturated heterocycles. The molecule has 2 N–H and O–H groups in total. The summed E-state index contributed by atoms with van der Waals surface area (Å²) >= 11 is 0. The van der Waals surface area contributed by atoms with Crippen molar-refractivity contribution in [1.82, 2.24) is 9.97 Å². The number of aromatic nitrogens is 2. The number of allylic oxidation sites excluding steroid dienone is 1. The average molecular weight is 466 g/mol. The zero-order valence-electron chi connectivity index (χ0n) is 18.8. The van der Waals surface area contributed by atoms with E-state index in [9.17, 15) is 14.9 Å². The number of carboxylic acids is 1. The summed E-state index contributed by atoms with van der Waals surface area (Å²) in [6.45, 7) is 0.541. The number of benzene rings is 2. The molecule has 2 aliphatic rings. The van der Waals surface area contributed by atoms with E-state index in [2.05, 4.69) is 27.4 Å². The Labute approximate surface area is 201 Å². The second-order valence-electron chi connectivity index (χ2n) is 8.77. The van der Waals surface area contributed by atoms with Crippen molar-refractivity contribution in [3.8, 4) is 22.9 Å². The molecule has 2 heterocycles. The zero-order valence-corrected chi connectivity index (χ0v) is 18.8. The van der Waals surface area contributed by atoms with Gasteiger partial charge >= 0.3 is 5.97 Å². The molecule has 1 fully saturated rings. The molecular formula is C27H22N4O4. The summed E-state index contributed by atoms with van der Waals surface area (Å²) in [5, 5.41) is 21.2. The van der Waals surface area contributed by atoms with Crippen molar-refractivity contribution >= 4 is 17.6 Å². The molecule has 5 rings (SSSR count). The van der Waals surface area contributed by atoms with Crippen molar-refractivity contribution in [2.45, 2.75) is 24.7 Å². The third-order valence-corrected chi connectivity index (χ3v) is 6.70. The fourth-order valence-electron chi connectivity index (χ4n) is 4.82. The molecule has 3 aromatic rings. The van der Waals surface area contributed by atoms with Gasteiger partial charge in [-0.25, -0.2) is 14.8 Å². The number of anilines is 1. The monoisotopic (exact) mass is 466 g/mol. The summed E-state index contributed by atoms with van der Waals surface area (Å²) < 4.78 is 5.89. The summed E-state index contributed by atoms with van der Waals surface area (Å²) in [4.78, 5) is 32.4. The number of carbonyl (C=O) groups is 2. The van der Waals surface area contributed by atoms with Crippen LogP contribution in [0.15, 0.2) is 67.3 Å². The number of carboxylic acid groups (broad SMARTS) is 1. The van der Waals surface area contributed by atoms with E-state index < -0.39 is 5.97 Å². The Balaban J connectivity index is 1.41. The lowest BCUT2D eigenvalue weighted by atomic mass is 9.85. The van der Waals surface area contributed by atoms with E-state index >= 15 is 0 Å². The number of nitrogens with one attached hydrogen (secondary N) is 1. The van der Waals surface area contributed by atoms with E-state index in [0.717, 1.165) is 40.5 Å². The number of carbonyl (C=O) groups excluding carboxylic acids is 1. The first-order valence-electron chi connectivity index (χ1n) is 11.3. The normalized spacial score (nSPS) is 20.0. The smallest absolute Gasteiger partial charge is 0.327 e. The van der Waals surface area contributed by atoms with Crippen molar-refractivity contribution in [3.63, 3.8) is 0 Å². The van der Waals surface area contributed by atoms with Crippen LogP contribution in [0.3, 0.4) is 0 Å². The van der Waals surface area contributed by atoms with Gasteiger partial charge in [0.25, 0.3) is 0 Å². The van der Waals surface area contributed by atoms with Crippen molar-refractivity contribution in [1.29, 1.82) is 5.26 Å². The van der Waals surface area contributed by atoms with Crippen LogP contribution in [0.5, 0.6) is 5.75 Å². The first-order valence-corrected chi connectivity index (χ1v) is 11.3. The van der Waals surface area contributed by atoms with E-state index in [-0.39, 0.29) is 17.2 Å². The Bertz CT molecular complexity index is 1380. The third-order valence-electron chi connectivity index (χ3n) is 6.70. The minimum atomic E-state index is -1.04. The Morgan fingerprint density at radius 3 is 2.80 bits per heavy atom. The highest BCUT2D eigenvalue weighted by Gasteiger charge is 2.61. The number of rotatable bonds is 6. The molecule has 35 heavy (non-hydrogen) atoms. The lowest BCUT2D eigenvalue weighted by Gasteiger charge is -2.27. The molecule has 1 spiro atoms. The van der Waals surface area contributed by atoms with Gasteiger partial charge in [0.15, 0.2) is 0 Å². The van der Waals surface area contributed by atoms with Crippen molar-refractivity contribution in [3.05, 3.63) is 84.0 Å².